The molecule has 28 heavy (non-hydrogen) atoms. The van der Waals surface area contributed by atoms with Crippen LogP contribution in [0.5, 0.6) is 0 Å². The number of rotatable bonds is 4. The molecule has 0 amide bonds. The Morgan fingerprint density at radius 2 is 1.89 bits per heavy atom. The monoisotopic (exact) mass is 370 g/mol. The highest BCUT2D eigenvalue weighted by Gasteiger charge is 2.33. The third-order valence-electron chi connectivity index (χ3n) is 5.80. The van der Waals surface area contributed by atoms with Crippen LogP contribution in [-0.4, -0.2) is 28.3 Å². The van der Waals surface area contributed by atoms with Crippen LogP contribution in [-0.2, 0) is 24.9 Å². The zero-order valence-corrected chi connectivity index (χ0v) is 16.8. The number of benzene rings is 2. The summed E-state index contributed by atoms with van der Waals surface area (Å²) in [4.78, 5) is 2.37. The maximum Gasteiger partial charge on any atom is 0.0991 e. The standard InChI is InChI=1S/C24H26N4/c1-24(2,20-10-5-4-6-11-20)23-21-17-27(3)13-12-22(21)28(26-23)16-19-9-7-8-18(14-19)15-25/h4-11,14H,12-13,16-17H2,1-3H3. The molecule has 4 rings (SSSR count). The van der Waals surface area contributed by atoms with Crippen LogP contribution < -0.4 is 0 Å². The van der Waals surface area contributed by atoms with Crippen molar-refractivity contribution >= 4 is 0 Å². The van der Waals surface area contributed by atoms with Gasteiger partial charge in [0, 0.05) is 36.2 Å². The SMILES string of the molecule is CN1CCc2c(c(C(C)(C)c3ccccc3)nn2Cc2cccc(C#N)c2)C1. The Bertz CT molecular complexity index is 1020. The summed E-state index contributed by atoms with van der Waals surface area (Å²) >= 11 is 0. The number of hydrogen-bond acceptors (Lipinski definition) is 3. The van der Waals surface area contributed by atoms with Crippen LogP contribution in [0.2, 0.25) is 0 Å². The van der Waals surface area contributed by atoms with Gasteiger partial charge in [0.2, 0.25) is 0 Å². The number of likely N-dealkylation sites (N-methyl/N-ethyl adjacent to an activating group) is 1. The summed E-state index contributed by atoms with van der Waals surface area (Å²) in [5.41, 5.74) is 6.79. The summed E-state index contributed by atoms with van der Waals surface area (Å²) in [5, 5.41) is 14.3. The van der Waals surface area contributed by atoms with Crippen molar-refractivity contribution in [2.45, 2.75) is 38.8 Å². The Hall–Kier alpha value is -2.90. The third kappa shape index (κ3) is 3.34. The number of hydrogen-bond donors (Lipinski definition) is 0. The Kier molecular flexibility index (Phi) is 4.78. The van der Waals surface area contributed by atoms with Gasteiger partial charge < -0.3 is 4.90 Å². The second-order valence-corrected chi connectivity index (χ2v) is 8.22. The van der Waals surface area contributed by atoms with Crippen molar-refractivity contribution < 1.29 is 0 Å². The van der Waals surface area contributed by atoms with Gasteiger partial charge in [-0.25, -0.2) is 0 Å². The first-order valence-corrected chi connectivity index (χ1v) is 9.81. The van der Waals surface area contributed by atoms with Crippen molar-refractivity contribution in [3.8, 4) is 6.07 Å². The molecule has 142 valence electrons. The summed E-state index contributed by atoms with van der Waals surface area (Å²) in [6.45, 7) is 7.20. The molecule has 0 aliphatic carbocycles. The molecule has 2 aromatic carbocycles. The molecule has 0 saturated carbocycles. The first-order valence-electron chi connectivity index (χ1n) is 9.81. The van der Waals surface area contributed by atoms with Crippen molar-refractivity contribution in [1.29, 1.82) is 5.26 Å². The van der Waals surface area contributed by atoms with E-state index in [0.29, 0.717) is 12.1 Å². The van der Waals surface area contributed by atoms with Crippen LogP contribution in [0, 0.1) is 11.3 Å². The molecule has 0 fully saturated rings. The molecule has 0 radical (unpaired) electrons. The van der Waals surface area contributed by atoms with Crippen LogP contribution in [0.1, 0.15) is 47.5 Å². The van der Waals surface area contributed by atoms with Crippen LogP contribution in [0.4, 0.5) is 0 Å². The topological polar surface area (TPSA) is 44.9 Å². The molecule has 0 N–H and O–H groups in total. The van der Waals surface area contributed by atoms with E-state index < -0.39 is 0 Å². The van der Waals surface area contributed by atoms with Crippen molar-refractivity contribution in [3.05, 3.63) is 88.2 Å². The van der Waals surface area contributed by atoms with Gasteiger partial charge in [-0.1, -0.05) is 56.3 Å². The van der Waals surface area contributed by atoms with Crippen LogP contribution in [0.25, 0.3) is 0 Å². The highest BCUT2D eigenvalue weighted by atomic mass is 15.3. The lowest BCUT2D eigenvalue weighted by Gasteiger charge is -2.28. The maximum absolute atomic E-state index is 9.21. The fourth-order valence-electron chi connectivity index (χ4n) is 4.16. The first-order chi connectivity index (χ1) is 13.5. The Morgan fingerprint density at radius 1 is 1.11 bits per heavy atom. The molecule has 0 atom stereocenters. The minimum absolute atomic E-state index is 0.163. The van der Waals surface area contributed by atoms with E-state index in [1.807, 2.05) is 18.2 Å². The van der Waals surface area contributed by atoms with Crippen molar-refractivity contribution in [3.63, 3.8) is 0 Å². The minimum Gasteiger partial charge on any atom is -0.302 e. The van der Waals surface area contributed by atoms with Crippen LogP contribution in [0.15, 0.2) is 54.6 Å². The third-order valence-corrected chi connectivity index (χ3v) is 5.80. The normalized spacial score (nSPS) is 14.5. The Labute approximate surface area is 167 Å². The molecule has 0 saturated heterocycles. The van der Waals surface area contributed by atoms with Crippen LogP contribution in [0.3, 0.4) is 0 Å². The highest BCUT2D eigenvalue weighted by Crippen LogP contribution is 2.36. The summed E-state index contributed by atoms with van der Waals surface area (Å²) in [6, 6.07) is 20.7. The average molecular weight is 371 g/mol. The van der Waals surface area contributed by atoms with E-state index in [2.05, 4.69) is 72.9 Å². The molecule has 2 heterocycles. The van der Waals surface area contributed by atoms with Gasteiger partial charge in [-0.05, 0) is 30.3 Å². The van der Waals surface area contributed by atoms with Gasteiger partial charge in [-0.3, -0.25) is 4.68 Å². The molecular formula is C24H26N4. The number of nitrogens with zero attached hydrogens (tertiary/aromatic N) is 4. The van der Waals surface area contributed by atoms with E-state index in [1.165, 1.54) is 16.8 Å². The number of fused-ring (bicyclic) bond motifs is 1. The van der Waals surface area contributed by atoms with E-state index in [4.69, 9.17) is 5.10 Å². The van der Waals surface area contributed by atoms with Gasteiger partial charge in [0.05, 0.1) is 23.9 Å². The lowest BCUT2D eigenvalue weighted by molar-refractivity contribution is 0.306. The van der Waals surface area contributed by atoms with E-state index in [1.54, 1.807) is 0 Å². The van der Waals surface area contributed by atoms with Gasteiger partial charge in [0.15, 0.2) is 0 Å². The van der Waals surface area contributed by atoms with Crippen molar-refractivity contribution in [2.24, 2.45) is 0 Å². The zero-order chi connectivity index (χ0) is 19.7. The Balaban J connectivity index is 1.79. The summed E-state index contributed by atoms with van der Waals surface area (Å²) in [6.07, 6.45) is 1.00. The van der Waals surface area contributed by atoms with Gasteiger partial charge in [-0.15, -0.1) is 0 Å². The average Bonchev–Trinajstić information content (AvgIpc) is 3.07. The second kappa shape index (κ2) is 7.26. The molecule has 0 spiro atoms. The molecular weight excluding hydrogens is 344 g/mol. The largest absolute Gasteiger partial charge is 0.302 e. The summed E-state index contributed by atoms with van der Waals surface area (Å²) in [5.74, 6) is 0. The fourth-order valence-corrected chi connectivity index (χ4v) is 4.16. The van der Waals surface area contributed by atoms with E-state index in [-0.39, 0.29) is 5.41 Å². The molecule has 1 aliphatic heterocycles. The molecule has 1 aromatic heterocycles. The second-order valence-electron chi connectivity index (χ2n) is 8.22. The Morgan fingerprint density at radius 3 is 2.64 bits per heavy atom. The van der Waals surface area contributed by atoms with E-state index in [9.17, 15) is 5.26 Å². The van der Waals surface area contributed by atoms with Gasteiger partial charge in [0.25, 0.3) is 0 Å². The maximum atomic E-state index is 9.21. The molecule has 0 unspecified atom stereocenters. The predicted octanol–water partition coefficient (Wildman–Crippen LogP) is 4.12. The van der Waals surface area contributed by atoms with Crippen LogP contribution >= 0.6 is 0 Å². The first kappa shape index (κ1) is 18.5. The molecule has 3 aromatic rings. The number of nitriles is 1. The summed E-state index contributed by atoms with van der Waals surface area (Å²) < 4.78 is 2.17. The highest BCUT2D eigenvalue weighted by molar-refractivity contribution is 5.42. The number of aromatic nitrogens is 2. The molecule has 4 nitrogen and oxygen atoms in total. The van der Waals surface area contributed by atoms with Gasteiger partial charge >= 0.3 is 0 Å². The van der Waals surface area contributed by atoms with Crippen molar-refractivity contribution in [1.82, 2.24) is 14.7 Å². The molecule has 4 heteroatoms. The van der Waals surface area contributed by atoms with Gasteiger partial charge in [-0.2, -0.15) is 10.4 Å². The van der Waals surface area contributed by atoms with Gasteiger partial charge in [0.1, 0.15) is 0 Å². The molecule has 1 aliphatic rings. The fraction of sp³-hybridized carbons (Fsp3) is 0.333. The molecule has 0 bridgehead atoms. The zero-order valence-electron chi connectivity index (χ0n) is 16.8. The lowest BCUT2D eigenvalue weighted by atomic mass is 9.79. The van der Waals surface area contributed by atoms with E-state index >= 15 is 0 Å². The van der Waals surface area contributed by atoms with E-state index in [0.717, 1.165) is 30.8 Å². The van der Waals surface area contributed by atoms with Crippen molar-refractivity contribution in [2.75, 3.05) is 13.6 Å². The summed E-state index contributed by atoms with van der Waals surface area (Å²) in [7, 11) is 2.18. The smallest absolute Gasteiger partial charge is 0.0991 e. The quantitative estimate of drug-likeness (QED) is 0.694. The minimum atomic E-state index is -0.163. The predicted molar refractivity (Wildman–Crippen MR) is 111 cm³/mol. The lowest BCUT2D eigenvalue weighted by Crippen LogP contribution is -2.29.